The average molecular weight is 971 g/mol. The van der Waals surface area contributed by atoms with E-state index in [4.69, 9.17) is 14.2 Å². The Balaban J connectivity index is 4.51. The van der Waals surface area contributed by atoms with Gasteiger partial charge in [-0.2, -0.15) is 0 Å². The van der Waals surface area contributed by atoms with Gasteiger partial charge in [0.15, 0.2) is 11.9 Å². The molecular weight excluding hydrogens is 871 g/mol. The molecular formula is C53H99N3O8S2+2. The predicted molar refractivity (Wildman–Crippen MR) is 276 cm³/mol. The van der Waals surface area contributed by atoms with E-state index in [2.05, 4.69) is 54.9 Å². The SMILES string of the molecule is CCCCCCCC/C=C\CCCCCCCC(=O)OC[C@@H](COC(=O)CCC(=O)NCCSSCCCC(=O)C([NH3+])CCC[NH3+])OC(=O)CCCCCCC/C=C\CCCCCCCC. The van der Waals surface area contributed by atoms with Gasteiger partial charge in [-0.15, -0.1) is 0 Å². The topological polar surface area (TPSA) is 180 Å². The Morgan fingerprint density at radius 1 is 0.500 bits per heavy atom. The molecule has 0 heterocycles. The zero-order valence-electron chi connectivity index (χ0n) is 42.2. The summed E-state index contributed by atoms with van der Waals surface area (Å²) in [6.45, 7) is 5.36. The molecule has 0 aliphatic carbocycles. The molecule has 1 unspecified atom stereocenters. The van der Waals surface area contributed by atoms with Crippen molar-refractivity contribution in [2.45, 2.75) is 244 Å². The molecule has 0 bridgehead atoms. The van der Waals surface area contributed by atoms with Crippen molar-refractivity contribution in [3.63, 3.8) is 0 Å². The highest BCUT2D eigenvalue weighted by molar-refractivity contribution is 8.76. The minimum atomic E-state index is -0.914. The van der Waals surface area contributed by atoms with E-state index in [1.165, 1.54) is 89.9 Å². The Labute approximate surface area is 410 Å². The van der Waals surface area contributed by atoms with Crippen molar-refractivity contribution in [3.05, 3.63) is 24.3 Å². The van der Waals surface area contributed by atoms with E-state index in [9.17, 15) is 24.0 Å². The maximum absolute atomic E-state index is 12.8. The maximum atomic E-state index is 12.8. The molecule has 384 valence electrons. The van der Waals surface area contributed by atoms with Crippen molar-refractivity contribution in [1.82, 2.24) is 5.32 Å². The number of esters is 3. The third kappa shape index (κ3) is 46.7. The van der Waals surface area contributed by atoms with Crippen molar-refractivity contribution in [2.75, 3.05) is 37.8 Å². The van der Waals surface area contributed by atoms with Gasteiger partial charge >= 0.3 is 17.9 Å². The maximum Gasteiger partial charge on any atom is 0.306 e. The first-order valence-electron chi connectivity index (χ1n) is 26.7. The van der Waals surface area contributed by atoms with Crippen LogP contribution in [-0.4, -0.2) is 79.6 Å². The molecule has 0 rings (SSSR count). The highest BCUT2D eigenvalue weighted by Crippen LogP contribution is 2.22. The smallest absolute Gasteiger partial charge is 0.306 e. The Morgan fingerprint density at radius 2 is 0.939 bits per heavy atom. The minimum Gasteiger partial charge on any atom is -0.462 e. The van der Waals surface area contributed by atoms with E-state index in [-0.39, 0.29) is 62.6 Å². The van der Waals surface area contributed by atoms with Crippen molar-refractivity contribution >= 4 is 51.2 Å². The lowest BCUT2D eigenvalue weighted by molar-refractivity contribution is -0.410. The van der Waals surface area contributed by atoms with E-state index in [1.807, 2.05) is 0 Å². The summed E-state index contributed by atoms with van der Waals surface area (Å²) in [5, 5.41) is 2.83. The van der Waals surface area contributed by atoms with E-state index in [1.54, 1.807) is 21.6 Å². The number of carbonyl (C=O) groups excluding carboxylic acids is 5. The first kappa shape index (κ1) is 63.6. The molecule has 0 radical (unpaired) electrons. The van der Waals surface area contributed by atoms with Crippen LogP contribution in [0.2, 0.25) is 0 Å². The summed E-state index contributed by atoms with van der Waals surface area (Å²) in [5.41, 5.74) is 7.78. The van der Waals surface area contributed by atoms with Crippen LogP contribution in [0.3, 0.4) is 0 Å². The molecule has 0 spiro atoms. The summed E-state index contributed by atoms with van der Waals surface area (Å²) in [6.07, 6.45) is 42.3. The lowest BCUT2D eigenvalue weighted by atomic mass is 10.0. The summed E-state index contributed by atoms with van der Waals surface area (Å²) < 4.78 is 16.5. The third-order valence-electron chi connectivity index (χ3n) is 11.5. The summed E-state index contributed by atoms with van der Waals surface area (Å²) >= 11 is 0. The Morgan fingerprint density at radius 3 is 1.44 bits per heavy atom. The molecule has 0 aliphatic rings. The number of ether oxygens (including phenoxy) is 3. The second-order valence-electron chi connectivity index (χ2n) is 17.9. The van der Waals surface area contributed by atoms with Gasteiger partial charge in [0.05, 0.1) is 13.0 Å². The Bertz CT molecular complexity index is 1240. The van der Waals surface area contributed by atoms with Crippen LogP contribution >= 0.6 is 21.6 Å². The van der Waals surface area contributed by atoms with Crippen LogP contribution in [0.1, 0.15) is 232 Å². The van der Waals surface area contributed by atoms with E-state index in [0.717, 1.165) is 102 Å². The van der Waals surface area contributed by atoms with Crippen LogP contribution in [-0.2, 0) is 38.2 Å². The first-order valence-corrected chi connectivity index (χ1v) is 29.2. The van der Waals surface area contributed by atoms with Gasteiger partial charge in [-0.3, -0.25) is 24.0 Å². The number of hydrogen-bond donors (Lipinski definition) is 3. The van der Waals surface area contributed by atoms with Crippen LogP contribution in [0.5, 0.6) is 0 Å². The summed E-state index contributed by atoms with van der Waals surface area (Å²) in [6, 6.07) is -0.144. The average Bonchev–Trinajstić information content (AvgIpc) is 3.31. The number of unbranched alkanes of at least 4 members (excludes halogenated alkanes) is 22. The normalized spacial score (nSPS) is 12.4. The van der Waals surface area contributed by atoms with Gasteiger partial charge in [0, 0.05) is 56.6 Å². The highest BCUT2D eigenvalue weighted by Gasteiger charge is 2.20. The molecule has 0 aromatic rings. The molecule has 0 aromatic heterocycles. The third-order valence-corrected chi connectivity index (χ3v) is 14.0. The standard InChI is InChI=1S/C53H97N3O8S2/c1-3-5-7-9-11-13-15-17-19-21-23-25-27-29-31-37-51(59)62-45-47(64-53(61)38-32-30-28-26-24-22-20-18-16-14-12-10-8-6-4-2)46-63-52(60)40-39-50(58)56-42-44-66-65-43-34-36-49(57)48(55)35-33-41-54/h17-20,47-48H,3-16,21-46,54-55H2,1-2H3,(H,56,58)/p+2/b19-17-,20-18-/t47-,48?/m0/s1. The van der Waals surface area contributed by atoms with Crippen molar-refractivity contribution in [3.8, 4) is 0 Å². The fourth-order valence-electron chi connectivity index (χ4n) is 7.27. The molecule has 11 nitrogen and oxygen atoms in total. The molecule has 0 aromatic carbocycles. The van der Waals surface area contributed by atoms with E-state index in [0.29, 0.717) is 25.1 Å². The fraction of sp³-hybridized carbons (Fsp3) is 0.830. The number of allylic oxidation sites excluding steroid dienone is 4. The zero-order chi connectivity index (χ0) is 48.4. The predicted octanol–water partition coefficient (Wildman–Crippen LogP) is 11.3. The molecule has 0 fully saturated rings. The molecule has 7 N–H and O–H groups in total. The van der Waals surface area contributed by atoms with E-state index >= 15 is 0 Å². The molecule has 66 heavy (non-hydrogen) atoms. The molecule has 1 amide bonds. The Kier molecular flexibility index (Phi) is 48.7. The Hall–Kier alpha value is -2.35. The number of hydrogen-bond acceptors (Lipinski definition) is 10. The lowest BCUT2D eigenvalue weighted by Crippen LogP contribution is -2.65. The summed E-state index contributed by atoms with van der Waals surface area (Å²) in [5.74, 6) is 0.169. The number of nitrogens with one attached hydrogen (secondary N) is 1. The van der Waals surface area contributed by atoms with Crippen LogP contribution < -0.4 is 16.8 Å². The van der Waals surface area contributed by atoms with Crippen molar-refractivity contribution in [1.29, 1.82) is 0 Å². The van der Waals surface area contributed by atoms with Gasteiger partial charge in [-0.1, -0.05) is 162 Å². The largest absolute Gasteiger partial charge is 0.462 e. The second kappa shape index (κ2) is 50.5. The molecule has 2 atom stereocenters. The quantitative estimate of drug-likeness (QED) is 0.0175. The van der Waals surface area contributed by atoms with Crippen LogP contribution in [0.4, 0.5) is 0 Å². The van der Waals surface area contributed by atoms with Gasteiger partial charge in [-0.25, -0.2) is 0 Å². The van der Waals surface area contributed by atoms with Gasteiger partial charge in [0.1, 0.15) is 19.3 Å². The number of ketones is 1. The van der Waals surface area contributed by atoms with Crippen molar-refractivity contribution in [2.24, 2.45) is 0 Å². The number of carbonyl (C=O) groups is 5. The number of quaternary nitrogens is 2. The second-order valence-corrected chi connectivity index (χ2v) is 20.6. The fourth-order valence-corrected chi connectivity index (χ4v) is 9.27. The monoisotopic (exact) mass is 970 g/mol. The molecule has 13 heteroatoms. The van der Waals surface area contributed by atoms with Crippen LogP contribution in [0, 0.1) is 0 Å². The molecule has 0 saturated heterocycles. The molecule has 0 aliphatic heterocycles. The summed E-state index contributed by atoms with van der Waals surface area (Å²) in [4.78, 5) is 62.5. The first-order chi connectivity index (χ1) is 32.2. The number of rotatable bonds is 50. The van der Waals surface area contributed by atoms with Gasteiger partial charge in [0.2, 0.25) is 5.91 Å². The lowest BCUT2D eigenvalue weighted by Gasteiger charge is -2.18. The van der Waals surface area contributed by atoms with Gasteiger partial charge < -0.3 is 31.0 Å². The van der Waals surface area contributed by atoms with Gasteiger partial charge in [0.25, 0.3) is 0 Å². The number of Topliss-reactive ketones (excluding diaryl/α,β-unsaturated/α-hetero) is 1. The minimum absolute atomic E-state index is 0.0239. The van der Waals surface area contributed by atoms with Gasteiger partial charge in [-0.05, 0) is 70.6 Å². The van der Waals surface area contributed by atoms with Crippen LogP contribution in [0.25, 0.3) is 0 Å². The highest BCUT2D eigenvalue weighted by atomic mass is 33.1. The number of amides is 1. The molecule has 0 saturated carbocycles. The summed E-state index contributed by atoms with van der Waals surface area (Å²) in [7, 11) is 3.31. The van der Waals surface area contributed by atoms with E-state index < -0.39 is 18.0 Å². The van der Waals surface area contributed by atoms with Crippen LogP contribution in [0.15, 0.2) is 24.3 Å². The zero-order valence-corrected chi connectivity index (χ0v) is 43.9. The van der Waals surface area contributed by atoms with Crippen molar-refractivity contribution < 1.29 is 49.7 Å².